The summed E-state index contributed by atoms with van der Waals surface area (Å²) in [7, 11) is 2.11. The zero-order valence-corrected chi connectivity index (χ0v) is 17.2. The summed E-state index contributed by atoms with van der Waals surface area (Å²) in [5.74, 6) is 0. The lowest BCUT2D eigenvalue weighted by Gasteiger charge is -2.40. The second-order valence-corrected chi connectivity index (χ2v) is 8.32. The van der Waals surface area contributed by atoms with Gasteiger partial charge in [-0.3, -0.25) is 4.99 Å². The van der Waals surface area contributed by atoms with Crippen molar-refractivity contribution < 1.29 is 0 Å². The molecule has 2 aromatic rings. The third-order valence-corrected chi connectivity index (χ3v) is 5.56. The number of hydrogen-bond acceptors (Lipinski definition) is 2. The molecular formula is C20H20ClIN2. The van der Waals surface area contributed by atoms with E-state index in [1.54, 1.807) is 0 Å². The van der Waals surface area contributed by atoms with Gasteiger partial charge in [0, 0.05) is 33.6 Å². The number of aliphatic imine (C=N–C) groups is 1. The molecule has 0 radical (unpaired) electrons. The van der Waals surface area contributed by atoms with Crippen molar-refractivity contribution in [2.45, 2.75) is 26.3 Å². The molecule has 0 spiro atoms. The summed E-state index contributed by atoms with van der Waals surface area (Å²) < 4.78 is 1.20. The number of halogens is 2. The average Bonchev–Trinajstić information content (AvgIpc) is 2.52. The molecule has 1 aliphatic rings. The van der Waals surface area contributed by atoms with Crippen LogP contribution in [0.3, 0.4) is 0 Å². The van der Waals surface area contributed by atoms with Crippen molar-refractivity contribution in [2.75, 3.05) is 11.9 Å². The maximum absolute atomic E-state index is 6.52. The molecule has 0 unspecified atom stereocenters. The summed E-state index contributed by atoms with van der Waals surface area (Å²) in [6.07, 6.45) is 4.14. The zero-order chi connectivity index (χ0) is 17.5. The molecule has 4 heteroatoms. The van der Waals surface area contributed by atoms with E-state index in [4.69, 9.17) is 11.6 Å². The van der Waals surface area contributed by atoms with E-state index in [9.17, 15) is 0 Å². The van der Waals surface area contributed by atoms with Crippen molar-refractivity contribution in [1.82, 2.24) is 0 Å². The number of likely N-dealkylation sites (N-methyl/N-ethyl adjacent to an activating group) is 1. The quantitative estimate of drug-likeness (QED) is 0.386. The van der Waals surface area contributed by atoms with E-state index in [1.807, 2.05) is 36.5 Å². The summed E-state index contributed by atoms with van der Waals surface area (Å²) in [6, 6.07) is 12.3. The second-order valence-electron chi connectivity index (χ2n) is 6.67. The number of fused-ring (bicyclic) bond motifs is 1. The Balaban J connectivity index is 2.00. The fourth-order valence-corrected chi connectivity index (χ4v) is 3.52. The van der Waals surface area contributed by atoms with Gasteiger partial charge in [-0.15, -0.1) is 0 Å². The highest BCUT2D eigenvalue weighted by Gasteiger charge is 2.28. The molecule has 0 saturated heterocycles. The average molecular weight is 451 g/mol. The van der Waals surface area contributed by atoms with E-state index >= 15 is 0 Å². The summed E-state index contributed by atoms with van der Waals surface area (Å²) >= 11 is 8.81. The van der Waals surface area contributed by atoms with E-state index in [0.29, 0.717) is 0 Å². The van der Waals surface area contributed by atoms with Crippen LogP contribution in [0.2, 0.25) is 5.02 Å². The third-order valence-electron chi connectivity index (χ3n) is 4.51. The van der Waals surface area contributed by atoms with Gasteiger partial charge in [-0.1, -0.05) is 17.7 Å². The molecule has 1 aliphatic heterocycles. The van der Waals surface area contributed by atoms with Crippen LogP contribution in [0, 0.1) is 3.57 Å². The van der Waals surface area contributed by atoms with Crippen LogP contribution in [0.5, 0.6) is 0 Å². The van der Waals surface area contributed by atoms with Gasteiger partial charge >= 0.3 is 0 Å². The Hall–Kier alpha value is -1.33. The van der Waals surface area contributed by atoms with E-state index in [2.05, 4.69) is 72.4 Å². The van der Waals surface area contributed by atoms with Gasteiger partial charge in [0.2, 0.25) is 0 Å². The first-order valence-corrected chi connectivity index (χ1v) is 9.30. The number of nitrogens with zero attached hydrogens (tertiary/aromatic N) is 2. The number of allylic oxidation sites excluding steroid dienone is 1. The molecule has 0 aliphatic carbocycles. The van der Waals surface area contributed by atoms with Gasteiger partial charge in [0.15, 0.2) is 0 Å². The van der Waals surface area contributed by atoms with Crippen molar-refractivity contribution in [1.29, 1.82) is 0 Å². The van der Waals surface area contributed by atoms with Crippen LogP contribution in [0.15, 0.2) is 47.5 Å². The SMILES string of the molecule is CC1=CC(C)(C)N(C)c2cc(Cl)c(C=Nc3ccc(I)cc3)cc21. The number of hydrogen-bond donors (Lipinski definition) is 0. The van der Waals surface area contributed by atoms with Crippen LogP contribution in [0.25, 0.3) is 5.57 Å². The first-order chi connectivity index (χ1) is 11.3. The Bertz CT molecular complexity index is 835. The summed E-state index contributed by atoms with van der Waals surface area (Å²) in [5, 5.41) is 0.723. The Labute approximate surface area is 162 Å². The van der Waals surface area contributed by atoms with E-state index in [0.717, 1.165) is 22.0 Å². The van der Waals surface area contributed by atoms with E-state index < -0.39 is 0 Å². The Morgan fingerprint density at radius 3 is 2.50 bits per heavy atom. The summed E-state index contributed by atoms with van der Waals surface area (Å²) in [5.41, 5.74) is 5.50. The molecule has 0 fully saturated rings. The number of rotatable bonds is 2. The number of anilines is 1. The molecule has 2 nitrogen and oxygen atoms in total. The van der Waals surface area contributed by atoms with Gasteiger partial charge in [-0.2, -0.15) is 0 Å². The third kappa shape index (κ3) is 3.38. The molecule has 0 atom stereocenters. The summed E-state index contributed by atoms with van der Waals surface area (Å²) in [6.45, 7) is 6.57. The van der Waals surface area contributed by atoms with E-state index in [1.165, 1.54) is 14.7 Å². The van der Waals surface area contributed by atoms with Crippen LogP contribution in [0.4, 0.5) is 11.4 Å². The highest BCUT2D eigenvalue weighted by molar-refractivity contribution is 14.1. The van der Waals surface area contributed by atoms with Gasteiger partial charge in [0.05, 0.1) is 16.2 Å². The largest absolute Gasteiger partial charge is 0.365 e. The Kier molecular flexibility index (Phi) is 4.76. The molecule has 1 heterocycles. The Morgan fingerprint density at radius 2 is 1.83 bits per heavy atom. The minimum Gasteiger partial charge on any atom is -0.365 e. The lowest BCUT2D eigenvalue weighted by atomic mass is 9.88. The molecule has 0 aromatic heterocycles. The Morgan fingerprint density at radius 1 is 1.17 bits per heavy atom. The predicted octanol–water partition coefficient (Wildman–Crippen LogP) is 6.33. The van der Waals surface area contributed by atoms with Crippen LogP contribution in [-0.4, -0.2) is 18.8 Å². The van der Waals surface area contributed by atoms with Gasteiger partial charge in [-0.05, 0) is 85.3 Å². The fraction of sp³-hybridized carbons (Fsp3) is 0.250. The molecule has 124 valence electrons. The van der Waals surface area contributed by atoms with Gasteiger partial charge in [0.1, 0.15) is 0 Å². The van der Waals surface area contributed by atoms with Crippen LogP contribution < -0.4 is 4.90 Å². The molecular weight excluding hydrogens is 431 g/mol. The second kappa shape index (κ2) is 6.52. The smallest absolute Gasteiger partial charge is 0.0630 e. The molecule has 0 bridgehead atoms. The van der Waals surface area contributed by atoms with Crippen molar-refractivity contribution in [3.8, 4) is 0 Å². The van der Waals surface area contributed by atoms with Crippen molar-refractivity contribution in [3.05, 3.63) is 62.2 Å². The monoisotopic (exact) mass is 450 g/mol. The molecule has 0 N–H and O–H groups in total. The first kappa shape index (κ1) is 17.5. The van der Waals surface area contributed by atoms with Gasteiger partial charge < -0.3 is 4.90 Å². The number of benzene rings is 2. The summed E-state index contributed by atoms with van der Waals surface area (Å²) in [4.78, 5) is 6.82. The fourth-order valence-electron chi connectivity index (χ4n) is 2.96. The normalized spacial score (nSPS) is 16.2. The lowest BCUT2D eigenvalue weighted by molar-refractivity contribution is 0.598. The lowest BCUT2D eigenvalue weighted by Crippen LogP contribution is -2.42. The van der Waals surface area contributed by atoms with Crippen LogP contribution in [-0.2, 0) is 0 Å². The van der Waals surface area contributed by atoms with Gasteiger partial charge in [0.25, 0.3) is 0 Å². The standard InChI is InChI=1S/C20H20ClIN2/c1-13-11-20(2,3)24(4)19-10-18(21)14(9-17(13)19)12-23-16-7-5-15(22)6-8-16/h5-12H,1-4H3. The topological polar surface area (TPSA) is 15.6 Å². The highest BCUT2D eigenvalue weighted by Crippen LogP contribution is 2.40. The van der Waals surface area contributed by atoms with Gasteiger partial charge in [-0.25, -0.2) is 0 Å². The van der Waals surface area contributed by atoms with Crippen molar-refractivity contribution >= 4 is 57.4 Å². The van der Waals surface area contributed by atoms with Crippen molar-refractivity contribution in [3.63, 3.8) is 0 Å². The molecule has 2 aromatic carbocycles. The minimum absolute atomic E-state index is 0.0167. The minimum atomic E-state index is -0.0167. The van der Waals surface area contributed by atoms with E-state index in [-0.39, 0.29) is 5.54 Å². The molecule has 3 rings (SSSR count). The molecule has 0 amide bonds. The maximum atomic E-state index is 6.52. The maximum Gasteiger partial charge on any atom is 0.0630 e. The van der Waals surface area contributed by atoms with Crippen LogP contribution in [0.1, 0.15) is 31.9 Å². The van der Waals surface area contributed by atoms with Crippen LogP contribution >= 0.6 is 34.2 Å². The molecule has 0 saturated carbocycles. The molecule has 24 heavy (non-hydrogen) atoms. The zero-order valence-electron chi connectivity index (χ0n) is 14.3. The first-order valence-electron chi connectivity index (χ1n) is 7.85. The van der Waals surface area contributed by atoms with Crippen molar-refractivity contribution in [2.24, 2.45) is 4.99 Å². The highest BCUT2D eigenvalue weighted by atomic mass is 127. The predicted molar refractivity (Wildman–Crippen MR) is 114 cm³/mol.